The fourth-order valence-corrected chi connectivity index (χ4v) is 1.24. The molecule has 1 aromatic rings. The number of carbonyl (C=O) groups is 1. The van der Waals surface area contributed by atoms with Crippen molar-refractivity contribution in [1.82, 2.24) is 10.9 Å². The fourth-order valence-electron chi connectivity index (χ4n) is 1.24. The molecule has 0 aliphatic carbocycles. The summed E-state index contributed by atoms with van der Waals surface area (Å²) in [6.45, 7) is 2.55. The maximum absolute atomic E-state index is 11.0. The van der Waals surface area contributed by atoms with Crippen LogP contribution in [0.15, 0.2) is 24.3 Å². The Balaban J connectivity index is 2.28. The van der Waals surface area contributed by atoms with Crippen molar-refractivity contribution in [3.05, 3.63) is 35.4 Å². The molecule has 4 nitrogen and oxygen atoms in total. The highest BCUT2D eigenvalue weighted by atomic mass is 16.5. The van der Waals surface area contributed by atoms with E-state index >= 15 is 0 Å². The minimum Gasteiger partial charge on any atom is -0.367 e. The van der Waals surface area contributed by atoms with Gasteiger partial charge < -0.3 is 4.74 Å². The molecule has 0 bridgehead atoms. The molecule has 0 atom stereocenters. The van der Waals surface area contributed by atoms with Crippen LogP contribution in [0.5, 0.6) is 0 Å². The third-order valence-electron chi connectivity index (χ3n) is 1.85. The van der Waals surface area contributed by atoms with Crippen LogP contribution in [0.25, 0.3) is 0 Å². The number of aryl methyl sites for hydroxylation is 1. The summed E-state index contributed by atoms with van der Waals surface area (Å²) in [5.74, 6) is -0.176. The molecule has 0 saturated carbocycles. The van der Waals surface area contributed by atoms with E-state index in [0.29, 0.717) is 6.61 Å². The largest absolute Gasteiger partial charge is 0.367 e. The van der Waals surface area contributed by atoms with E-state index in [1.807, 2.05) is 31.2 Å². The Hall–Kier alpha value is -1.39. The molecule has 0 fully saturated rings. The second-order valence-electron chi connectivity index (χ2n) is 3.28. The van der Waals surface area contributed by atoms with Crippen molar-refractivity contribution in [1.29, 1.82) is 0 Å². The van der Waals surface area contributed by atoms with Crippen molar-refractivity contribution in [3.63, 3.8) is 0 Å². The molecule has 0 radical (unpaired) electrons. The van der Waals surface area contributed by atoms with Gasteiger partial charge in [-0.3, -0.25) is 10.2 Å². The standard InChI is InChI=1S/C11H16N2O2/c1-9-4-3-5-10(6-9)7-15-8-11(14)13-12-2/h3-6,12H,7-8H2,1-2H3,(H,13,14). The summed E-state index contributed by atoms with van der Waals surface area (Å²) in [5, 5.41) is 0. The number of benzene rings is 1. The molecule has 0 spiro atoms. The molecule has 0 unspecified atom stereocenters. The van der Waals surface area contributed by atoms with Gasteiger partial charge in [0.05, 0.1) is 6.61 Å². The van der Waals surface area contributed by atoms with Crippen LogP contribution in [0, 0.1) is 6.92 Å². The van der Waals surface area contributed by atoms with Crippen LogP contribution in [-0.4, -0.2) is 19.6 Å². The van der Waals surface area contributed by atoms with Crippen LogP contribution in [0.1, 0.15) is 11.1 Å². The number of ether oxygens (including phenoxy) is 1. The van der Waals surface area contributed by atoms with Gasteiger partial charge in [0.25, 0.3) is 5.91 Å². The number of amides is 1. The minimum absolute atomic E-state index is 0.0643. The van der Waals surface area contributed by atoms with Crippen LogP contribution in [-0.2, 0) is 16.1 Å². The van der Waals surface area contributed by atoms with E-state index in [0.717, 1.165) is 5.56 Å². The number of carbonyl (C=O) groups excluding carboxylic acids is 1. The van der Waals surface area contributed by atoms with Gasteiger partial charge in [-0.15, -0.1) is 0 Å². The van der Waals surface area contributed by atoms with Crippen LogP contribution in [0.4, 0.5) is 0 Å². The number of hydrazine groups is 1. The number of nitrogens with one attached hydrogen (secondary N) is 2. The Morgan fingerprint density at radius 2 is 2.27 bits per heavy atom. The van der Waals surface area contributed by atoms with Crippen LogP contribution < -0.4 is 10.9 Å². The Kier molecular flexibility index (Phi) is 4.80. The van der Waals surface area contributed by atoms with E-state index in [2.05, 4.69) is 10.9 Å². The molecule has 1 aromatic carbocycles. The van der Waals surface area contributed by atoms with E-state index in [4.69, 9.17) is 4.74 Å². The first-order valence-electron chi connectivity index (χ1n) is 4.81. The van der Waals surface area contributed by atoms with Crippen molar-refractivity contribution in [2.24, 2.45) is 0 Å². The van der Waals surface area contributed by atoms with Crippen molar-refractivity contribution in [3.8, 4) is 0 Å². The lowest BCUT2D eigenvalue weighted by Crippen LogP contribution is -2.36. The molecule has 1 rings (SSSR count). The van der Waals surface area contributed by atoms with Crippen LogP contribution >= 0.6 is 0 Å². The minimum atomic E-state index is -0.176. The molecule has 1 amide bonds. The Labute approximate surface area is 89.6 Å². The fraction of sp³-hybridized carbons (Fsp3) is 0.364. The lowest BCUT2D eigenvalue weighted by atomic mass is 10.1. The quantitative estimate of drug-likeness (QED) is 0.702. The molecule has 0 aliphatic rings. The van der Waals surface area contributed by atoms with Gasteiger partial charge in [0, 0.05) is 7.05 Å². The molecule has 2 N–H and O–H groups in total. The summed E-state index contributed by atoms with van der Waals surface area (Å²) in [6, 6.07) is 8.01. The number of rotatable bonds is 5. The first-order valence-corrected chi connectivity index (χ1v) is 4.81. The van der Waals surface area contributed by atoms with Crippen LogP contribution in [0.3, 0.4) is 0 Å². The van der Waals surface area contributed by atoms with Gasteiger partial charge in [0.15, 0.2) is 0 Å². The monoisotopic (exact) mass is 208 g/mol. The summed E-state index contributed by atoms with van der Waals surface area (Å²) in [5.41, 5.74) is 7.24. The summed E-state index contributed by atoms with van der Waals surface area (Å²) in [7, 11) is 1.64. The predicted octanol–water partition coefficient (Wildman–Crippen LogP) is 0.762. The van der Waals surface area contributed by atoms with E-state index in [1.54, 1.807) is 7.05 Å². The van der Waals surface area contributed by atoms with Gasteiger partial charge in [0.1, 0.15) is 6.61 Å². The lowest BCUT2D eigenvalue weighted by Gasteiger charge is -2.05. The number of hydrogen-bond donors (Lipinski definition) is 2. The predicted molar refractivity (Wildman–Crippen MR) is 58.0 cm³/mol. The van der Waals surface area contributed by atoms with Crippen LogP contribution in [0.2, 0.25) is 0 Å². The maximum atomic E-state index is 11.0. The zero-order valence-corrected chi connectivity index (χ0v) is 9.04. The van der Waals surface area contributed by atoms with Gasteiger partial charge in [-0.25, -0.2) is 5.43 Å². The molecule has 4 heteroatoms. The topological polar surface area (TPSA) is 50.4 Å². The highest BCUT2D eigenvalue weighted by molar-refractivity contribution is 5.76. The van der Waals surface area contributed by atoms with Crippen molar-refractivity contribution >= 4 is 5.91 Å². The SMILES string of the molecule is CNNC(=O)COCc1cccc(C)c1. The molecule has 0 aromatic heterocycles. The van der Waals surface area contributed by atoms with E-state index < -0.39 is 0 Å². The highest BCUT2D eigenvalue weighted by Crippen LogP contribution is 2.04. The first-order chi connectivity index (χ1) is 7.22. The number of hydrogen-bond acceptors (Lipinski definition) is 3. The molecular formula is C11H16N2O2. The second-order valence-corrected chi connectivity index (χ2v) is 3.28. The smallest absolute Gasteiger partial charge is 0.260 e. The third kappa shape index (κ3) is 4.58. The molecule has 0 heterocycles. The lowest BCUT2D eigenvalue weighted by molar-refractivity contribution is -0.126. The highest BCUT2D eigenvalue weighted by Gasteiger charge is 1.99. The van der Waals surface area contributed by atoms with E-state index in [9.17, 15) is 4.79 Å². The molecular weight excluding hydrogens is 192 g/mol. The molecule has 82 valence electrons. The molecule has 0 saturated heterocycles. The normalized spacial score (nSPS) is 10.0. The van der Waals surface area contributed by atoms with Gasteiger partial charge in [-0.2, -0.15) is 0 Å². The van der Waals surface area contributed by atoms with Crippen molar-refractivity contribution < 1.29 is 9.53 Å². The second kappa shape index (κ2) is 6.16. The first kappa shape index (κ1) is 11.7. The summed E-state index contributed by atoms with van der Waals surface area (Å²) in [4.78, 5) is 11.0. The van der Waals surface area contributed by atoms with Gasteiger partial charge in [-0.1, -0.05) is 29.8 Å². The Morgan fingerprint density at radius 1 is 1.47 bits per heavy atom. The maximum Gasteiger partial charge on any atom is 0.260 e. The Bertz CT molecular complexity index is 326. The van der Waals surface area contributed by atoms with E-state index in [1.165, 1.54) is 5.56 Å². The summed E-state index contributed by atoms with van der Waals surface area (Å²) in [6.07, 6.45) is 0. The third-order valence-corrected chi connectivity index (χ3v) is 1.85. The zero-order chi connectivity index (χ0) is 11.1. The average Bonchev–Trinajstić information content (AvgIpc) is 2.18. The summed E-state index contributed by atoms with van der Waals surface area (Å²) >= 11 is 0. The van der Waals surface area contributed by atoms with Gasteiger partial charge in [-0.05, 0) is 12.5 Å². The van der Waals surface area contributed by atoms with Crippen molar-refractivity contribution in [2.45, 2.75) is 13.5 Å². The zero-order valence-electron chi connectivity index (χ0n) is 9.04. The van der Waals surface area contributed by atoms with Gasteiger partial charge >= 0.3 is 0 Å². The van der Waals surface area contributed by atoms with Crippen molar-refractivity contribution in [2.75, 3.05) is 13.7 Å². The van der Waals surface area contributed by atoms with E-state index in [-0.39, 0.29) is 12.5 Å². The molecule has 0 aliphatic heterocycles. The molecule has 15 heavy (non-hydrogen) atoms. The summed E-state index contributed by atoms with van der Waals surface area (Å²) < 4.78 is 5.24. The van der Waals surface area contributed by atoms with Gasteiger partial charge in [0.2, 0.25) is 0 Å². The Morgan fingerprint density at radius 3 is 2.93 bits per heavy atom. The average molecular weight is 208 g/mol.